The first-order valence-electron chi connectivity index (χ1n) is 8.23. The van der Waals surface area contributed by atoms with Gasteiger partial charge in [0, 0.05) is 7.05 Å². The van der Waals surface area contributed by atoms with Crippen LogP contribution in [0.1, 0.15) is 43.2 Å². The van der Waals surface area contributed by atoms with Gasteiger partial charge in [-0.2, -0.15) is 5.10 Å². The van der Waals surface area contributed by atoms with Gasteiger partial charge in [0.25, 0.3) is 5.91 Å². The Morgan fingerprint density at radius 1 is 1.42 bits per heavy atom. The van der Waals surface area contributed by atoms with E-state index >= 15 is 0 Å². The summed E-state index contributed by atoms with van der Waals surface area (Å²) < 4.78 is 8.39. The average Bonchev–Trinajstić information content (AvgIpc) is 3.23. The standard InChI is InChI=1S/C17H22N4O2S/c1-21-14(19-20-17(21)24)11-18-16(22)15(12-7-3-2-4-8-12)23-13-9-5-6-10-13/h2-4,7-8,13,15H,5-6,9-11H2,1H3,(H,18,22)(H,20,24)/t15-/m1/s1. The molecule has 7 heteroatoms. The molecule has 6 nitrogen and oxygen atoms in total. The molecule has 0 saturated heterocycles. The number of ether oxygens (including phenoxy) is 1. The predicted octanol–water partition coefficient (Wildman–Crippen LogP) is 2.79. The molecular formula is C17H22N4O2S. The monoisotopic (exact) mass is 346 g/mol. The van der Waals surface area contributed by atoms with Gasteiger partial charge in [0.05, 0.1) is 12.6 Å². The van der Waals surface area contributed by atoms with Gasteiger partial charge in [-0.15, -0.1) is 0 Å². The first kappa shape index (κ1) is 16.9. The number of hydrogen-bond acceptors (Lipinski definition) is 4. The third-order valence-electron chi connectivity index (χ3n) is 4.36. The number of carbonyl (C=O) groups is 1. The minimum atomic E-state index is -0.596. The molecule has 128 valence electrons. The number of aromatic nitrogens is 3. The lowest BCUT2D eigenvalue weighted by atomic mass is 10.1. The molecule has 1 aliphatic carbocycles. The molecule has 0 bridgehead atoms. The molecule has 1 aliphatic rings. The molecule has 0 aliphatic heterocycles. The molecular weight excluding hydrogens is 324 g/mol. The van der Waals surface area contributed by atoms with Gasteiger partial charge in [0.1, 0.15) is 0 Å². The lowest BCUT2D eigenvalue weighted by molar-refractivity contribution is -0.137. The van der Waals surface area contributed by atoms with Gasteiger partial charge in [-0.1, -0.05) is 43.2 Å². The summed E-state index contributed by atoms with van der Waals surface area (Å²) in [7, 11) is 1.82. The van der Waals surface area contributed by atoms with Crippen molar-refractivity contribution < 1.29 is 9.53 Å². The zero-order valence-electron chi connectivity index (χ0n) is 13.7. The molecule has 24 heavy (non-hydrogen) atoms. The van der Waals surface area contributed by atoms with Crippen molar-refractivity contribution in [3.8, 4) is 0 Å². The Kier molecular flexibility index (Phi) is 5.42. The topological polar surface area (TPSA) is 71.9 Å². The van der Waals surface area contributed by atoms with Crippen LogP contribution in [0.4, 0.5) is 0 Å². The molecule has 0 radical (unpaired) electrons. The van der Waals surface area contributed by atoms with Crippen LogP contribution in [-0.2, 0) is 23.1 Å². The summed E-state index contributed by atoms with van der Waals surface area (Å²) in [5.41, 5.74) is 0.872. The number of rotatable bonds is 6. The summed E-state index contributed by atoms with van der Waals surface area (Å²) in [4.78, 5) is 12.7. The Morgan fingerprint density at radius 2 is 2.12 bits per heavy atom. The van der Waals surface area contributed by atoms with Crippen molar-refractivity contribution in [3.05, 3.63) is 46.5 Å². The second-order valence-electron chi connectivity index (χ2n) is 6.06. The van der Waals surface area contributed by atoms with Crippen LogP contribution in [0.15, 0.2) is 30.3 Å². The predicted molar refractivity (Wildman–Crippen MR) is 92.8 cm³/mol. The van der Waals surface area contributed by atoms with E-state index in [1.54, 1.807) is 4.57 Å². The van der Waals surface area contributed by atoms with Crippen LogP contribution in [-0.4, -0.2) is 26.8 Å². The number of H-pyrrole nitrogens is 1. The van der Waals surface area contributed by atoms with Crippen LogP contribution in [0, 0.1) is 4.77 Å². The van der Waals surface area contributed by atoms with Gasteiger partial charge in [-0.25, -0.2) is 0 Å². The van der Waals surface area contributed by atoms with Crippen molar-refractivity contribution in [1.82, 2.24) is 20.1 Å². The average molecular weight is 346 g/mol. The Bertz CT molecular complexity index is 735. The van der Waals surface area contributed by atoms with Crippen molar-refractivity contribution in [2.75, 3.05) is 0 Å². The maximum atomic E-state index is 12.7. The molecule has 1 atom stereocenters. The van der Waals surface area contributed by atoms with E-state index in [2.05, 4.69) is 15.5 Å². The Hall–Kier alpha value is -1.99. The molecule has 2 N–H and O–H groups in total. The summed E-state index contributed by atoms with van der Waals surface area (Å²) >= 11 is 5.09. The second-order valence-corrected chi connectivity index (χ2v) is 6.44. The van der Waals surface area contributed by atoms with Crippen molar-refractivity contribution in [3.63, 3.8) is 0 Å². The van der Waals surface area contributed by atoms with Crippen molar-refractivity contribution in [2.45, 2.75) is 44.4 Å². The minimum Gasteiger partial charge on any atom is -0.360 e. The van der Waals surface area contributed by atoms with Crippen molar-refractivity contribution in [1.29, 1.82) is 0 Å². The number of amides is 1. The number of nitrogens with one attached hydrogen (secondary N) is 2. The van der Waals surface area contributed by atoms with Gasteiger partial charge in [0.15, 0.2) is 16.7 Å². The van der Waals surface area contributed by atoms with Crippen LogP contribution in [0.2, 0.25) is 0 Å². The minimum absolute atomic E-state index is 0.151. The number of benzene rings is 1. The van der Waals surface area contributed by atoms with Crippen LogP contribution in [0.25, 0.3) is 0 Å². The molecule has 2 aromatic rings. The second kappa shape index (κ2) is 7.72. The van der Waals surface area contributed by atoms with Crippen LogP contribution in [0.3, 0.4) is 0 Å². The number of carbonyl (C=O) groups excluding carboxylic acids is 1. The Labute approximate surface area is 146 Å². The molecule has 1 aromatic heterocycles. The highest BCUT2D eigenvalue weighted by atomic mass is 32.1. The number of hydrogen-bond donors (Lipinski definition) is 2. The van der Waals surface area contributed by atoms with E-state index in [9.17, 15) is 4.79 Å². The maximum Gasteiger partial charge on any atom is 0.254 e. The summed E-state index contributed by atoms with van der Waals surface area (Å²) in [6.45, 7) is 0.305. The van der Waals surface area contributed by atoms with E-state index < -0.39 is 6.10 Å². The largest absolute Gasteiger partial charge is 0.360 e. The van der Waals surface area contributed by atoms with Crippen LogP contribution < -0.4 is 5.32 Å². The molecule has 3 rings (SSSR count). The highest BCUT2D eigenvalue weighted by Crippen LogP contribution is 2.28. The van der Waals surface area contributed by atoms with Crippen molar-refractivity contribution >= 4 is 18.1 Å². The molecule has 0 spiro atoms. The SMILES string of the molecule is Cn1c(CNC(=O)[C@H](OC2CCCC2)c2ccccc2)n[nH]c1=S. The number of aromatic amines is 1. The van der Waals surface area contributed by atoms with E-state index in [1.807, 2.05) is 37.4 Å². The third kappa shape index (κ3) is 3.91. The Balaban J connectivity index is 1.70. The maximum absolute atomic E-state index is 12.7. The highest BCUT2D eigenvalue weighted by molar-refractivity contribution is 7.71. The highest BCUT2D eigenvalue weighted by Gasteiger charge is 2.27. The summed E-state index contributed by atoms with van der Waals surface area (Å²) in [6, 6.07) is 9.63. The van der Waals surface area contributed by atoms with Gasteiger partial charge in [0.2, 0.25) is 0 Å². The summed E-state index contributed by atoms with van der Waals surface area (Å²) in [5, 5.41) is 9.74. The van der Waals surface area contributed by atoms with Crippen molar-refractivity contribution in [2.24, 2.45) is 7.05 Å². The zero-order chi connectivity index (χ0) is 16.9. The fourth-order valence-electron chi connectivity index (χ4n) is 2.93. The fraction of sp³-hybridized carbons (Fsp3) is 0.471. The van der Waals surface area contributed by atoms with Crippen LogP contribution in [0.5, 0.6) is 0 Å². The summed E-state index contributed by atoms with van der Waals surface area (Å²) in [6.07, 6.45) is 3.93. The first-order valence-corrected chi connectivity index (χ1v) is 8.64. The normalized spacial score (nSPS) is 16.2. The first-order chi connectivity index (χ1) is 11.6. The number of nitrogens with zero attached hydrogens (tertiary/aromatic N) is 2. The van der Waals surface area contributed by atoms with Crippen LogP contribution >= 0.6 is 12.2 Å². The smallest absolute Gasteiger partial charge is 0.254 e. The van der Waals surface area contributed by atoms with Gasteiger partial charge >= 0.3 is 0 Å². The van der Waals surface area contributed by atoms with Gasteiger partial charge < -0.3 is 14.6 Å². The van der Waals surface area contributed by atoms with Gasteiger partial charge in [-0.3, -0.25) is 9.89 Å². The lowest BCUT2D eigenvalue weighted by Gasteiger charge is -2.22. The Morgan fingerprint density at radius 3 is 2.75 bits per heavy atom. The summed E-state index contributed by atoms with van der Waals surface area (Å²) in [5.74, 6) is 0.531. The van der Waals surface area contributed by atoms with E-state index in [4.69, 9.17) is 17.0 Å². The molecule has 1 fully saturated rings. The molecule has 1 heterocycles. The fourth-order valence-corrected chi connectivity index (χ4v) is 3.08. The lowest BCUT2D eigenvalue weighted by Crippen LogP contribution is -2.33. The molecule has 0 unspecified atom stereocenters. The molecule has 1 aromatic carbocycles. The third-order valence-corrected chi connectivity index (χ3v) is 4.73. The van der Waals surface area contributed by atoms with Gasteiger partial charge in [-0.05, 0) is 30.6 Å². The quantitative estimate of drug-likeness (QED) is 0.789. The van der Waals surface area contributed by atoms with E-state index in [0.717, 1.165) is 18.4 Å². The molecule has 1 amide bonds. The molecule has 1 saturated carbocycles. The van der Waals surface area contributed by atoms with E-state index in [1.165, 1.54) is 12.8 Å². The van der Waals surface area contributed by atoms with E-state index in [-0.39, 0.29) is 12.0 Å². The van der Waals surface area contributed by atoms with E-state index in [0.29, 0.717) is 17.1 Å². The zero-order valence-corrected chi connectivity index (χ0v) is 14.5.